The molecule has 2 aliphatic rings. The lowest BCUT2D eigenvalue weighted by Crippen LogP contribution is -2.46. The van der Waals surface area contributed by atoms with Gasteiger partial charge in [0.1, 0.15) is 0 Å². The molecular weight excluding hydrogens is 184 g/mol. The zero-order chi connectivity index (χ0) is 10.8. The molecule has 2 rings (SSSR count). The first-order chi connectivity index (χ1) is 7.22. The zero-order valence-electron chi connectivity index (χ0n) is 10.5. The van der Waals surface area contributed by atoms with Crippen molar-refractivity contribution >= 4 is 0 Å². The van der Waals surface area contributed by atoms with Crippen molar-refractivity contribution in [2.24, 2.45) is 5.92 Å². The van der Waals surface area contributed by atoms with Crippen molar-refractivity contribution in [2.45, 2.75) is 64.1 Å². The third-order valence-corrected chi connectivity index (χ3v) is 4.29. The average Bonchev–Trinajstić information content (AvgIpc) is 2.48. The normalized spacial score (nSPS) is 36.4. The van der Waals surface area contributed by atoms with E-state index in [1.807, 2.05) is 0 Å². The Balaban J connectivity index is 1.90. The van der Waals surface area contributed by atoms with Gasteiger partial charge in [0.25, 0.3) is 0 Å². The summed E-state index contributed by atoms with van der Waals surface area (Å²) < 4.78 is 0. The molecule has 0 aromatic rings. The molecule has 0 radical (unpaired) electrons. The Morgan fingerprint density at radius 2 is 1.80 bits per heavy atom. The van der Waals surface area contributed by atoms with Gasteiger partial charge in [0, 0.05) is 18.1 Å². The molecule has 2 bridgehead atoms. The third-order valence-electron chi connectivity index (χ3n) is 4.29. The SMILES string of the molecule is CNCCC1CC2CCC(C1)N2C(C)C. The van der Waals surface area contributed by atoms with Gasteiger partial charge in [-0.1, -0.05) is 0 Å². The fraction of sp³-hybridized carbons (Fsp3) is 1.00. The maximum atomic E-state index is 3.29. The quantitative estimate of drug-likeness (QED) is 0.765. The molecule has 88 valence electrons. The summed E-state index contributed by atoms with van der Waals surface area (Å²) in [5, 5.41) is 3.29. The highest BCUT2D eigenvalue weighted by Gasteiger charge is 2.41. The number of nitrogens with one attached hydrogen (secondary N) is 1. The molecule has 2 saturated heterocycles. The summed E-state index contributed by atoms with van der Waals surface area (Å²) in [6.07, 6.45) is 7.21. The zero-order valence-corrected chi connectivity index (χ0v) is 10.5. The Bertz CT molecular complexity index is 189. The molecule has 0 saturated carbocycles. The second kappa shape index (κ2) is 4.84. The van der Waals surface area contributed by atoms with Crippen LogP contribution in [0.1, 0.15) is 46.0 Å². The van der Waals surface area contributed by atoms with Crippen LogP contribution in [-0.2, 0) is 0 Å². The van der Waals surface area contributed by atoms with Gasteiger partial charge >= 0.3 is 0 Å². The monoisotopic (exact) mass is 210 g/mol. The van der Waals surface area contributed by atoms with E-state index in [-0.39, 0.29) is 0 Å². The second-order valence-corrected chi connectivity index (χ2v) is 5.66. The van der Waals surface area contributed by atoms with Crippen LogP contribution >= 0.6 is 0 Å². The molecule has 2 atom stereocenters. The van der Waals surface area contributed by atoms with Gasteiger partial charge < -0.3 is 5.32 Å². The van der Waals surface area contributed by atoms with Crippen molar-refractivity contribution in [1.29, 1.82) is 0 Å². The minimum absolute atomic E-state index is 0.757. The maximum absolute atomic E-state index is 3.29. The van der Waals surface area contributed by atoms with Crippen LogP contribution in [0, 0.1) is 5.92 Å². The number of hydrogen-bond acceptors (Lipinski definition) is 2. The fourth-order valence-electron chi connectivity index (χ4n) is 3.75. The highest BCUT2D eigenvalue weighted by atomic mass is 15.2. The van der Waals surface area contributed by atoms with Crippen molar-refractivity contribution < 1.29 is 0 Å². The number of fused-ring (bicyclic) bond motifs is 2. The fourth-order valence-corrected chi connectivity index (χ4v) is 3.75. The third kappa shape index (κ3) is 2.36. The van der Waals surface area contributed by atoms with E-state index >= 15 is 0 Å². The molecule has 2 unspecified atom stereocenters. The van der Waals surface area contributed by atoms with E-state index in [1.54, 1.807) is 0 Å². The van der Waals surface area contributed by atoms with Gasteiger partial charge in [-0.05, 0) is 65.5 Å². The van der Waals surface area contributed by atoms with Crippen molar-refractivity contribution in [1.82, 2.24) is 10.2 Å². The van der Waals surface area contributed by atoms with Crippen molar-refractivity contribution in [3.63, 3.8) is 0 Å². The molecule has 0 aliphatic carbocycles. The molecule has 0 aromatic heterocycles. The van der Waals surface area contributed by atoms with Gasteiger partial charge in [-0.25, -0.2) is 0 Å². The molecule has 15 heavy (non-hydrogen) atoms. The first-order valence-electron chi connectivity index (χ1n) is 6.64. The van der Waals surface area contributed by atoms with E-state index in [4.69, 9.17) is 0 Å². The molecule has 0 aromatic carbocycles. The van der Waals surface area contributed by atoms with Crippen molar-refractivity contribution in [3.8, 4) is 0 Å². The highest BCUT2D eigenvalue weighted by Crippen LogP contribution is 2.40. The van der Waals surface area contributed by atoms with Crippen LogP contribution in [0.15, 0.2) is 0 Å². The van der Waals surface area contributed by atoms with Crippen LogP contribution in [-0.4, -0.2) is 36.6 Å². The summed E-state index contributed by atoms with van der Waals surface area (Å²) in [6.45, 7) is 5.92. The minimum atomic E-state index is 0.757. The van der Waals surface area contributed by atoms with Gasteiger partial charge in [-0.2, -0.15) is 0 Å². The van der Waals surface area contributed by atoms with E-state index in [0.29, 0.717) is 0 Å². The van der Waals surface area contributed by atoms with Gasteiger partial charge in [-0.3, -0.25) is 4.90 Å². The molecule has 2 aliphatic heterocycles. The van der Waals surface area contributed by atoms with Crippen molar-refractivity contribution in [3.05, 3.63) is 0 Å². The van der Waals surface area contributed by atoms with Crippen LogP contribution < -0.4 is 5.32 Å². The topological polar surface area (TPSA) is 15.3 Å². The van der Waals surface area contributed by atoms with E-state index in [9.17, 15) is 0 Å². The average molecular weight is 210 g/mol. The van der Waals surface area contributed by atoms with Crippen LogP contribution in [0.25, 0.3) is 0 Å². The largest absolute Gasteiger partial charge is 0.320 e. The Morgan fingerprint density at radius 1 is 1.20 bits per heavy atom. The van der Waals surface area contributed by atoms with E-state index in [0.717, 1.165) is 24.0 Å². The van der Waals surface area contributed by atoms with Crippen LogP contribution in [0.5, 0.6) is 0 Å². The van der Waals surface area contributed by atoms with E-state index < -0.39 is 0 Å². The first kappa shape index (κ1) is 11.4. The summed E-state index contributed by atoms with van der Waals surface area (Å²) in [5.41, 5.74) is 0. The van der Waals surface area contributed by atoms with E-state index in [2.05, 4.69) is 31.1 Å². The Kier molecular flexibility index (Phi) is 3.68. The molecule has 2 heterocycles. The molecule has 0 spiro atoms. The Hall–Kier alpha value is -0.0800. The summed E-state index contributed by atoms with van der Waals surface area (Å²) in [7, 11) is 2.07. The minimum Gasteiger partial charge on any atom is -0.320 e. The number of piperidine rings is 1. The van der Waals surface area contributed by atoms with Gasteiger partial charge in [-0.15, -0.1) is 0 Å². The molecule has 0 amide bonds. The molecule has 2 nitrogen and oxygen atoms in total. The van der Waals surface area contributed by atoms with Gasteiger partial charge in [0.05, 0.1) is 0 Å². The predicted octanol–water partition coefficient (Wildman–Crippen LogP) is 2.25. The van der Waals surface area contributed by atoms with Gasteiger partial charge in [0.15, 0.2) is 0 Å². The standard InChI is InChI=1S/C13H26N2/c1-10(2)15-12-4-5-13(15)9-11(8-12)6-7-14-3/h10-14H,4-9H2,1-3H3. The highest BCUT2D eigenvalue weighted by molar-refractivity contribution is 4.96. The summed E-state index contributed by atoms with van der Waals surface area (Å²) >= 11 is 0. The molecule has 2 heteroatoms. The van der Waals surface area contributed by atoms with Crippen LogP contribution in [0.3, 0.4) is 0 Å². The van der Waals surface area contributed by atoms with Crippen molar-refractivity contribution in [2.75, 3.05) is 13.6 Å². The maximum Gasteiger partial charge on any atom is 0.0104 e. The Labute approximate surface area is 94.4 Å². The predicted molar refractivity (Wildman–Crippen MR) is 65.1 cm³/mol. The lowest BCUT2D eigenvalue weighted by molar-refractivity contribution is 0.0710. The van der Waals surface area contributed by atoms with Gasteiger partial charge in [0.2, 0.25) is 0 Å². The molecule has 1 N–H and O–H groups in total. The second-order valence-electron chi connectivity index (χ2n) is 5.66. The Morgan fingerprint density at radius 3 is 2.27 bits per heavy atom. The summed E-state index contributed by atoms with van der Waals surface area (Å²) in [5.74, 6) is 0.991. The van der Waals surface area contributed by atoms with Crippen LogP contribution in [0.4, 0.5) is 0 Å². The summed E-state index contributed by atoms with van der Waals surface area (Å²) in [4.78, 5) is 2.79. The number of hydrogen-bond donors (Lipinski definition) is 1. The van der Waals surface area contributed by atoms with Crippen LogP contribution in [0.2, 0.25) is 0 Å². The smallest absolute Gasteiger partial charge is 0.0104 e. The molecule has 2 fully saturated rings. The lowest BCUT2D eigenvalue weighted by atomic mass is 9.87. The lowest BCUT2D eigenvalue weighted by Gasteiger charge is -2.41. The number of rotatable bonds is 4. The summed E-state index contributed by atoms with van der Waals surface area (Å²) in [6, 6.07) is 2.57. The molecular formula is C13H26N2. The number of nitrogens with zero attached hydrogens (tertiary/aromatic N) is 1. The first-order valence-corrected chi connectivity index (χ1v) is 6.64. The van der Waals surface area contributed by atoms with E-state index in [1.165, 1.54) is 38.6 Å².